The molecule has 0 radical (unpaired) electrons. The van der Waals surface area contributed by atoms with Crippen LogP contribution in [0.1, 0.15) is 37.5 Å². The average Bonchev–Trinajstić information content (AvgIpc) is 3.22. The molecule has 3 heterocycles. The molecule has 5 N–H and O–H groups in total. The highest BCUT2D eigenvalue weighted by Gasteiger charge is 2.39. The SMILES string of the molecule is COc1ccc(C[C@H]2C(=O)N[C@@H](C)C(=O)N(C)[C@H]3Cc4ccc(cc4)Oc4cc(c(N(O)O)cc4OC)C[C@@H](C(=O)N[C@H](C)C(=O)N[C@@H](C)C(=O)N2C)N(C)C3=O)cc1. The number of hydrogen-bond acceptors (Lipinski definition) is 12. The highest BCUT2D eigenvalue weighted by molar-refractivity contribution is 5.98. The van der Waals surface area contributed by atoms with E-state index in [4.69, 9.17) is 14.2 Å². The first-order valence-corrected chi connectivity index (χ1v) is 18.9. The van der Waals surface area contributed by atoms with Gasteiger partial charge in [-0.3, -0.25) is 39.2 Å². The number of hydrogen-bond donors (Lipinski definition) is 5. The molecular weight excluding hydrogens is 766 g/mol. The minimum absolute atomic E-state index is 0.0321. The Labute approximate surface area is 341 Å². The monoisotopic (exact) mass is 817 g/mol. The summed E-state index contributed by atoms with van der Waals surface area (Å²) in [5.74, 6) is -2.91. The number of amides is 6. The summed E-state index contributed by atoms with van der Waals surface area (Å²) in [6, 6.07) is 8.91. The molecule has 3 aromatic carbocycles. The van der Waals surface area contributed by atoms with Gasteiger partial charge < -0.3 is 44.9 Å². The van der Waals surface area contributed by atoms with Crippen molar-refractivity contribution in [3.8, 4) is 23.0 Å². The fraction of sp³-hybridized carbons (Fsp3) is 0.415. The number of carbonyl (C=O) groups is 6. The van der Waals surface area contributed by atoms with E-state index in [9.17, 15) is 39.2 Å². The second-order valence-electron chi connectivity index (χ2n) is 14.7. The first kappa shape index (κ1) is 43.7. The number of rotatable bonds is 5. The van der Waals surface area contributed by atoms with Gasteiger partial charge in [-0.1, -0.05) is 24.3 Å². The molecule has 0 saturated carbocycles. The van der Waals surface area contributed by atoms with Crippen LogP contribution in [-0.4, -0.2) is 132 Å². The first-order chi connectivity index (χ1) is 27.9. The summed E-state index contributed by atoms with van der Waals surface area (Å²) in [5, 5.41) is 28.4. The normalized spacial score (nSPS) is 23.7. The standard InChI is InChI=1S/C41H51N7O11/c1-22-36(49)43-23(2)39(52)45(4)31(17-25-9-13-28(57-7)14-10-25)37(50)44-24(3)40(53)47(6)33-18-26-11-15-29(16-12-26)59-35-20-27(30(48(55)56)21-34(35)58-8)19-32(38(51)42-22)46(5)41(33)54/h9-16,20-24,31-33,55-56H,17-19H2,1-8H3,(H,42,51)(H,43,49)(H,44,50)/t22-,23+,24+,31+,32+,33+/m1/s1. The maximum absolute atomic E-state index is 14.8. The summed E-state index contributed by atoms with van der Waals surface area (Å²) in [5.41, 5.74) is 1.23. The predicted octanol–water partition coefficient (Wildman–Crippen LogP) is 1.43. The molecule has 316 valence electrons. The van der Waals surface area contributed by atoms with Crippen molar-refractivity contribution >= 4 is 41.1 Å². The number of carbonyl (C=O) groups excluding carboxylic acids is 6. The van der Waals surface area contributed by atoms with Gasteiger partial charge in [0.05, 0.1) is 14.2 Å². The Hall–Kier alpha value is -6.40. The van der Waals surface area contributed by atoms with Crippen molar-refractivity contribution in [1.82, 2.24) is 30.7 Å². The topological polar surface area (TPSA) is 220 Å². The van der Waals surface area contributed by atoms with Crippen molar-refractivity contribution in [3.05, 3.63) is 77.4 Å². The van der Waals surface area contributed by atoms with Gasteiger partial charge >= 0.3 is 0 Å². The second kappa shape index (κ2) is 18.5. The van der Waals surface area contributed by atoms with Crippen molar-refractivity contribution in [2.45, 2.75) is 76.3 Å². The molecule has 0 aromatic heterocycles. The number of methoxy groups -OCH3 is 2. The quantitative estimate of drug-likeness (QED) is 0.231. The minimum atomic E-state index is -1.42. The van der Waals surface area contributed by atoms with Crippen LogP contribution < -0.4 is 35.4 Å². The molecule has 18 heteroatoms. The number of ether oxygens (including phenoxy) is 3. The van der Waals surface area contributed by atoms with Gasteiger partial charge in [-0.15, -0.1) is 5.23 Å². The van der Waals surface area contributed by atoms with Crippen LogP contribution in [0.4, 0.5) is 5.69 Å². The number of benzene rings is 3. The van der Waals surface area contributed by atoms with E-state index >= 15 is 0 Å². The maximum Gasteiger partial charge on any atom is 0.246 e. The lowest BCUT2D eigenvalue weighted by molar-refractivity contribution is -0.149. The van der Waals surface area contributed by atoms with Crippen molar-refractivity contribution in [2.24, 2.45) is 0 Å². The van der Waals surface area contributed by atoms with Crippen LogP contribution in [0.25, 0.3) is 0 Å². The van der Waals surface area contributed by atoms with Crippen molar-refractivity contribution in [1.29, 1.82) is 0 Å². The van der Waals surface area contributed by atoms with E-state index in [0.717, 1.165) is 4.90 Å². The van der Waals surface area contributed by atoms with E-state index in [0.29, 0.717) is 22.6 Å². The Balaban J connectivity index is 1.62. The lowest BCUT2D eigenvalue weighted by Gasteiger charge is -2.37. The molecule has 18 nitrogen and oxygen atoms in total. The largest absolute Gasteiger partial charge is 0.497 e. The summed E-state index contributed by atoms with van der Waals surface area (Å²) < 4.78 is 16.9. The molecule has 6 amide bonds. The van der Waals surface area contributed by atoms with Crippen LogP contribution in [0.3, 0.4) is 0 Å². The second-order valence-corrected chi connectivity index (χ2v) is 14.7. The number of nitrogens with one attached hydrogen (secondary N) is 3. The van der Waals surface area contributed by atoms with E-state index in [1.807, 2.05) is 0 Å². The lowest BCUT2D eigenvalue weighted by atomic mass is 9.98. The third-order valence-corrected chi connectivity index (χ3v) is 10.7. The van der Waals surface area contributed by atoms with E-state index < -0.39 is 71.7 Å². The zero-order valence-electron chi connectivity index (χ0n) is 34.2. The molecule has 3 aliphatic rings. The van der Waals surface area contributed by atoms with Gasteiger partial charge in [-0.05, 0) is 67.8 Å². The number of nitrogens with zero attached hydrogens (tertiary/aromatic N) is 4. The molecule has 1 saturated heterocycles. The molecule has 0 unspecified atom stereocenters. The van der Waals surface area contributed by atoms with Crippen LogP contribution in [0.2, 0.25) is 0 Å². The van der Waals surface area contributed by atoms with Gasteiger partial charge in [0.25, 0.3) is 0 Å². The molecule has 3 aromatic rings. The van der Waals surface area contributed by atoms with Gasteiger partial charge in [-0.2, -0.15) is 0 Å². The molecule has 6 rings (SSSR count). The Morgan fingerprint density at radius 3 is 1.85 bits per heavy atom. The smallest absolute Gasteiger partial charge is 0.246 e. The number of likely N-dealkylation sites (N-methyl/N-ethyl adjacent to an activating group) is 3. The molecule has 1 fully saturated rings. The maximum atomic E-state index is 14.8. The van der Waals surface area contributed by atoms with Crippen LogP contribution in [0.15, 0.2) is 60.7 Å². The van der Waals surface area contributed by atoms with Crippen LogP contribution in [0, 0.1) is 0 Å². The van der Waals surface area contributed by atoms with Crippen molar-refractivity contribution < 1.29 is 53.4 Å². The van der Waals surface area contributed by atoms with Gasteiger partial charge in [-0.25, -0.2) is 0 Å². The van der Waals surface area contributed by atoms with E-state index in [2.05, 4.69) is 16.0 Å². The van der Waals surface area contributed by atoms with Crippen LogP contribution in [0.5, 0.6) is 23.0 Å². The average molecular weight is 818 g/mol. The Bertz CT molecular complexity index is 2060. The fourth-order valence-corrected chi connectivity index (χ4v) is 7.07. The third kappa shape index (κ3) is 9.84. The Morgan fingerprint density at radius 1 is 0.678 bits per heavy atom. The van der Waals surface area contributed by atoms with E-state index in [1.165, 1.54) is 78.1 Å². The van der Waals surface area contributed by atoms with E-state index in [-0.39, 0.29) is 47.2 Å². The van der Waals surface area contributed by atoms with E-state index in [1.54, 1.807) is 48.5 Å². The lowest BCUT2D eigenvalue weighted by Crippen LogP contribution is -2.61. The third-order valence-electron chi connectivity index (χ3n) is 10.7. The van der Waals surface area contributed by atoms with Gasteiger partial charge in [0, 0.05) is 46.5 Å². The van der Waals surface area contributed by atoms with Crippen LogP contribution >= 0.6 is 0 Å². The van der Waals surface area contributed by atoms with Crippen molar-refractivity contribution in [2.75, 3.05) is 40.6 Å². The summed E-state index contributed by atoms with van der Waals surface area (Å²) >= 11 is 0. The predicted molar refractivity (Wildman–Crippen MR) is 212 cm³/mol. The van der Waals surface area contributed by atoms with Gasteiger partial charge in [0.15, 0.2) is 11.5 Å². The first-order valence-electron chi connectivity index (χ1n) is 18.9. The number of anilines is 1. The molecule has 0 spiro atoms. The summed E-state index contributed by atoms with van der Waals surface area (Å²) in [4.78, 5) is 88.4. The molecule has 59 heavy (non-hydrogen) atoms. The van der Waals surface area contributed by atoms with Gasteiger partial charge in [0.1, 0.15) is 53.4 Å². The number of fused-ring (bicyclic) bond motifs is 2. The highest BCUT2D eigenvalue weighted by atomic mass is 16.8. The molecule has 6 atom stereocenters. The van der Waals surface area contributed by atoms with Crippen LogP contribution in [-0.2, 0) is 48.0 Å². The van der Waals surface area contributed by atoms with Crippen molar-refractivity contribution in [3.63, 3.8) is 0 Å². The Kier molecular flexibility index (Phi) is 13.7. The zero-order valence-corrected chi connectivity index (χ0v) is 34.2. The Morgan fingerprint density at radius 2 is 1.25 bits per heavy atom. The molecular formula is C41H51N7O11. The zero-order chi connectivity index (χ0) is 43.3. The molecule has 3 aliphatic heterocycles. The minimum Gasteiger partial charge on any atom is -0.497 e. The molecule has 0 aliphatic carbocycles. The summed E-state index contributed by atoms with van der Waals surface area (Å²) in [6.07, 6.45) is -0.342. The fourth-order valence-electron chi connectivity index (χ4n) is 7.07. The summed E-state index contributed by atoms with van der Waals surface area (Å²) in [6.45, 7) is 4.29. The summed E-state index contributed by atoms with van der Waals surface area (Å²) in [7, 11) is 7.07. The highest BCUT2D eigenvalue weighted by Crippen LogP contribution is 2.38. The molecule has 6 bridgehead atoms. The van der Waals surface area contributed by atoms with Gasteiger partial charge in [0.2, 0.25) is 35.4 Å².